The lowest BCUT2D eigenvalue weighted by Gasteiger charge is -2.20. The number of rotatable bonds is 9. The van der Waals surface area contributed by atoms with Crippen LogP contribution in [0.15, 0.2) is 35.3 Å². The predicted octanol–water partition coefficient (Wildman–Crippen LogP) is 2.79. The molecule has 1 aromatic carbocycles. The van der Waals surface area contributed by atoms with Crippen LogP contribution in [0, 0.1) is 11.8 Å². The summed E-state index contributed by atoms with van der Waals surface area (Å²) in [4.78, 5) is 4.63. The highest BCUT2D eigenvalue weighted by Crippen LogP contribution is 2.14. The third kappa shape index (κ3) is 8.03. The van der Waals surface area contributed by atoms with Crippen LogP contribution in [0.1, 0.15) is 39.2 Å². The van der Waals surface area contributed by atoms with E-state index in [0.717, 1.165) is 31.9 Å². The van der Waals surface area contributed by atoms with Crippen LogP contribution in [0.2, 0.25) is 0 Å². The van der Waals surface area contributed by atoms with E-state index in [1.165, 1.54) is 5.56 Å². The van der Waals surface area contributed by atoms with Crippen LogP contribution in [0.5, 0.6) is 0 Å². The first kappa shape index (κ1) is 18.5. The molecular weight excluding hydrogens is 274 g/mol. The maximum absolute atomic E-state index is 9.20. The van der Waals surface area contributed by atoms with E-state index < -0.39 is 0 Å². The van der Waals surface area contributed by atoms with Crippen molar-refractivity contribution in [3.63, 3.8) is 0 Å². The van der Waals surface area contributed by atoms with Crippen LogP contribution in [0.3, 0.4) is 0 Å². The van der Waals surface area contributed by atoms with Crippen molar-refractivity contribution in [2.24, 2.45) is 16.8 Å². The number of hydrogen-bond donors (Lipinski definition) is 3. The summed E-state index contributed by atoms with van der Waals surface area (Å²) < 4.78 is 0. The molecule has 0 saturated heterocycles. The average molecular weight is 305 g/mol. The summed E-state index contributed by atoms with van der Waals surface area (Å²) in [6.07, 6.45) is 1.95. The average Bonchev–Trinajstić information content (AvgIpc) is 2.50. The van der Waals surface area contributed by atoms with Crippen molar-refractivity contribution in [2.45, 2.75) is 40.2 Å². The highest BCUT2D eigenvalue weighted by atomic mass is 16.3. The molecule has 0 aliphatic rings. The molecule has 0 aliphatic heterocycles. The zero-order chi connectivity index (χ0) is 16.2. The van der Waals surface area contributed by atoms with E-state index in [-0.39, 0.29) is 6.61 Å². The van der Waals surface area contributed by atoms with Crippen molar-refractivity contribution in [1.82, 2.24) is 10.6 Å². The van der Waals surface area contributed by atoms with Crippen molar-refractivity contribution in [1.29, 1.82) is 0 Å². The molecule has 4 nitrogen and oxygen atoms in total. The molecule has 3 N–H and O–H groups in total. The second kappa shape index (κ2) is 11.1. The van der Waals surface area contributed by atoms with Crippen molar-refractivity contribution in [3.05, 3.63) is 35.9 Å². The van der Waals surface area contributed by atoms with Gasteiger partial charge in [-0.25, -0.2) is 4.99 Å². The SMILES string of the molecule is CCNC(=NCc1ccccc1)NCC(CCO)CC(C)C. The van der Waals surface area contributed by atoms with Crippen molar-refractivity contribution >= 4 is 5.96 Å². The van der Waals surface area contributed by atoms with E-state index >= 15 is 0 Å². The van der Waals surface area contributed by atoms with E-state index in [9.17, 15) is 5.11 Å². The van der Waals surface area contributed by atoms with E-state index in [1.807, 2.05) is 18.2 Å². The largest absolute Gasteiger partial charge is 0.396 e. The number of aliphatic imine (C=N–C) groups is 1. The third-order valence-corrected chi connectivity index (χ3v) is 3.51. The Bertz CT molecular complexity index is 418. The van der Waals surface area contributed by atoms with Gasteiger partial charge in [0.25, 0.3) is 0 Å². The Balaban J connectivity index is 2.54. The van der Waals surface area contributed by atoms with Crippen LogP contribution in [-0.4, -0.2) is 30.8 Å². The number of aliphatic hydroxyl groups is 1. The first-order valence-electron chi connectivity index (χ1n) is 8.32. The first-order valence-corrected chi connectivity index (χ1v) is 8.32. The van der Waals surface area contributed by atoms with Gasteiger partial charge in [0.05, 0.1) is 6.54 Å². The predicted molar refractivity (Wildman–Crippen MR) is 93.9 cm³/mol. The zero-order valence-corrected chi connectivity index (χ0v) is 14.2. The Morgan fingerprint density at radius 1 is 1.18 bits per heavy atom. The maximum atomic E-state index is 9.20. The van der Waals surface area contributed by atoms with Crippen molar-refractivity contribution in [2.75, 3.05) is 19.7 Å². The van der Waals surface area contributed by atoms with Gasteiger partial charge in [-0.1, -0.05) is 44.2 Å². The summed E-state index contributed by atoms with van der Waals surface area (Å²) in [6.45, 7) is 9.12. The number of aliphatic hydroxyl groups excluding tert-OH is 1. The van der Waals surface area contributed by atoms with Crippen LogP contribution in [0.4, 0.5) is 0 Å². The highest BCUT2D eigenvalue weighted by molar-refractivity contribution is 5.79. The van der Waals surface area contributed by atoms with E-state index in [0.29, 0.717) is 18.4 Å². The minimum Gasteiger partial charge on any atom is -0.396 e. The standard InChI is InChI=1S/C18H31N3O/c1-4-19-18(20-13-16-8-6-5-7-9-16)21-14-17(10-11-22)12-15(2)3/h5-9,15,17,22H,4,10-14H2,1-3H3,(H2,19,20,21). The smallest absolute Gasteiger partial charge is 0.191 e. The molecule has 0 aliphatic carbocycles. The Morgan fingerprint density at radius 2 is 1.91 bits per heavy atom. The number of benzene rings is 1. The first-order chi connectivity index (χ1) is 10.7. The van der Waals surface area contributed by atoms with Crippen LogP contribution >= 0.6 is 0 Å². The molecule has 1 aromatic rings. The normalized spacial score (nSPS) is 13.2. The number of hydrogen-bond acceptors (Lipinski definition) is 2. The number of nitrogens with zero attached hydrogens (tertiary/aromatic N) is 1. The van der Waals surface area contributed by atoms with E-state index in [1.54, 1.807) is 0 Å². The van der Waals surface area contributed by atoms with Gasteiger partial charge >= 0.3 is 0 Å². The topological polar surface area (TPSA) is 56.7 Å². The van der Waals surface area contributed by atoms with Gasteiger partial charge in [0.1, 0.15) is 0 Å². The van der Waals surface area contributed by atoms with Gasteiger partial charge in [0.2, 0.25) is 0 Å². The fraction of sp³-hybridized carbons (Fsp3) is 0.611. The van der Waals surface area contributed by atoms with Gasteiger partial charge in [0.15, 0.2) is 5.96 Å². The van der Waals surface area contributed by atoms with Gasteiger partial charge in [0, 0.05) is 19.7 Å². The summed E-state index contributed by atoms with van der Waals surface area (Å²) in [7, 11) is 0. The molecule has 1 atom stereocenters. The third-order valence-electron chi connectivity index (χ3n) is 3.51. The number of nitrogens with one attached hydrogen (secondary N) is 2. The lowest BCUT2D eigenvalue weighted by molar-refractivity contribution is 0.243. The van der Waals surface area contributed by atoms with Crippen LogP contribution < -0.4 is 10.6 Å². The molecule has 1 unspecified atom stereocenters. The molecule has 0 saturated carbocycles. The molecule has 0 fully saturated rings. The second-order valence-electron chi connectivity index (χ2n) is 6.07. The molecule has 0 aromatic heterocycles. The molecule has 22 heavy (non-hydrogen) atoms. The lowest BCUT2D eigenvalue weighted by atomic mass is 9.94. The molecule has 0 spiro atoms. The van der Waals surface area contributed by atoms with E-state index in [4.69, 9.17) is 0 Å². The molecule has 0 heterocycles. The van der Waals surface area contributed by atoms with Crippen molar-refractivity contribution < 1.29 is 5.11 Å². The fourth-order valence-corrected chi connectivity index (χ4v) is 2.49. The minimum absolute atomic E-state index is 0.247. The molecule has 4 heteroatoms. The lowest BCUT2D eigenvalue weighted by Crippen LogP contribution is -2.40. The van der Waals surface area contributed by atoms with Crippen molar-refractivity contribution in [3.8, 4) is 0 Å². The van der Waals surface area contributed by atoms with Gasteiger partial charge in [-0.3, -0.25) is 0 Å². The summed E-state index contributed by atoms with van der Waals surface area (Å²) in [6, 6.07) is 10.2. The molecular formula is C18H31N3O. The van der Waals surface area contributed by atoms with Gasteiger partial charge in [-0.05, 0) is 37.2 Å². The number of guanidine groups is 1. The van der Waals surface area contributed by atoms with Gasteiger partial charge in [-0.2, -0.15) is 0 Å². The quantitative estimate of drug-likeness (QED) is 0.486. The zero-order valence-electron chi connectivity index (χ0n) is 14.2. The maximum Gasteiger partial charge on any atom is 0.191 e. The Kier molecular flexibility index (Phi) is 9.31. The monoisotopic (exact) mass is 305 g/mol. The molecule has 0 bridgehead atoms. The summed E-state index contributed by atoms with van der Waals surface area (Å²) in [5, 5.41) is 15.9. The van der Waals surface area contributed by atoms with E-state index in [2.05, 4.69) is 48.5 Å². The summed E-state index contributed by atoms with van der Waals surface area (Å²) >= 11 is 0. The fourth-order valence-electron chi connectivity index (χ4n) is 2.49. The summed E-state index contributed by atoms with van der Waals surface area (Å²) in [5.41, 5.74) is 1.20. The Morgan fingerprint density at radius 3 is 2.50 bits per heavy atom. The van der Waals surface area contributed by atoms with Crippen LogP contribution in [-0.2, 0) is 6.54 Å². The van der Waals surface area contributed by atoms with Crippen LogP contribution in [0.25, 0.3) is 0 Å². The molecule has 1 rings (SSSR count). The minimum atomic E-state index is 0.247. The van der Waals surface area contributed by atoms with Gasteiger partial charge in [-0.15, -0.1) is 0 Å². The summed E-state index contributed by atoms with van der Waals surface area (Å²) in [5.74, 6) is 1.96. The Labute approximate surface area is 135 Å². The highest BCUT2D eigenvalue weighted by Gasteiger charge is 2.11. The molecule has 124 valence electrons. The molecule has 0 amide bonds. The molecule has 0 radical (unpaired) electrons. The van der Waals surface area contributed by atoms with Gasteiger partial charge < -0.3 is 15.7 Å². The Hall–Kier alpha value is -1.55. The second-order valence-corrected chi connectivity index (χ2v) is 6.07.